The molecule has 12 aromatic rings. The maximum absolute atomic E-state index is 5.54. The topological polar surface area (TPSA) is 44.6 Å². The first-order chi connectivity index (χ1) is 37.0. The third-order valence-corrected chi connectivity index (χ3v) is 17.1. The van der Waals surface area contributed by atoms with Crippen LogP contribution in [-0.2, 0) is 12.8 Å². The van der Waals surface area contributed by atoms with E-state index in [1.807, 2.05) is 0 Å². The van der Waals surface area contributed by atoms with Crippen LogP contribution in [0.4, 0.5) is 11.4 Å². The normalized spacial score (nSPS) is 19.6. The quantitative estimate of drug-likeness (QED) is 0.169. The van der Waals surface area contributed by atoms with Gasteiger partial charge in [-0.25, -0.2) is 4.99 Å². The zero-order chi connectivity index (χ0) is 49.4. The predicted octanol–water partition coefficient (Wildman–Crippen LogP) is 16.6. The summed E-state index contributed by atoms with van der Waals surface area (Å²) in [6, 6.07) is 79.1. The molecule has 0 radical (unpaired) electrons. The monoisotopic (exact) mass is 961 g/mol. The number of nitrogens with one attached hydrogen (secondary N) is 2. The van der Waals surface area contributed by atoms with E-state index in [1.165, 1.54) is 110 Å². The lowest BCUT2D eigenvalue weighted by molar-refractivity contribution is 0.411. The number of amidine groups is 1. The number of hydrogen-bond donors (Lipinski definition) is 2. The average molecular weight is 962 g/mol. The number of hydrogen-bond acceptors (Lipinski definition) is 4. The van der Waals surface area contributed by atoms with E-state index in [1.54, 1.807) is 0 Å². The Kier molecular flexibility index (Phi) is 9.19. The molecule has 0 saturated carbocycles. The molecule has 0 fully saturated rings. The van der Waals surface area contributed by atoms with E-state index in [9.17, 15) is 0 Å². The molecule has 4 unspecified atom stereocenters. The maximum atomic E-state index is 5.54. The number of benzene rings is 11. The molecule has 5 nitrogen and oxygen atoms in total. The third kappa shape index (κ3) is 6.51. The molecule has 4 atom stereocenters. The van der Waals surface area contributed by atoms with E-state index < -0.39 is 0 Å². The SMILES string of the molecule is CC12C=CC=CC1c1cc3ccc(-n4c5c(c6ccccc64)-c4ccccc4CC5)cc3cc1N2c1cc(C2NC(c3ccc4ccccc4c3)=NC(c3ccc4ccc5ccccc5c4c3)N2)c2ccccc2c1. The van der Waals surface area contributed by atoms with Gasteiger partial charge in [-0.1, -0.05) is 182 Å². The minimum absolute atomic E-state index is 0.155. The summed E-state index contributed by atoms with van der Waals surface area (Å²) in [5, 5.41) is 21.6. The van der Waals surface area contributed by atoms with E-state index in [0.717, 1.165) is 35.5 Å². The lowest BCUT2D eigenvalue weighted by Crippen LogP contribution is -2.45. The predicted molar refractivity (Wildman–Crippen MR) is 313 cm³/mol. The van der Waals surface area contributed by atoms with Crippen LogP contribution in [0.1, 0.15) is 58.7 Å². The van der Waals surface area contributed by atoms with Crippen LogP contribution in [0.3, 0.4) is 0 Å². The molecule has 75 heavy (non-hydrogen) atoms. The first-order valence-corrected chi connectivity index (χ1v) is 26.5. The largest absolute Gasteiger partial charge is 0.350 e. The van der Waals surface area contributed by atoms with Crippen molar-refractivity contribution in [2.75, 3.05) is 4.90 Å². The molecule has 3 heterocycles. The molecular weight excluding hydrogens is 911 g/mol. The van der Waals surface area contributed by atoms with Gasteiger partial charge in [-0.15, -0.1) is 0 Å². The Hall–Kier alpha value is -9.03. The van der Waals surface area contributed by atoms with Crippen LogP contribution >= 0.6 is 0 Å². The second kappa shape index (κ2) is 16.2. The Morgan fingerprint density at radius 2 is 1.23 bits per heavy atom. The van der Waals surface area contributed by atoms with E-state index in [4.69, 9.17) is 4.99 Å². The van der Waals surface area contributed by atoms with Crippen LogP contribution in [-0.4, -0.2) is 15.9 Å². The number of nitrogens with zero attached hydrogens (tertiary/aromatic N) is 3. The highest BCUT2D eigenvalue weighted by molar-refractivity contribution is 6.08. The summed E-state index contributed by atoms with van der Waals surface area (Å²) in [4.78, 5) is 8.17. The molecule has 0 amide bonds. The van der Waals surface area contributed by atoms with Gasteiger partial charge in [0.05, 0.1) is 11.1 Å². The standard InChI is InChI=1S/C70H51N5/c1-70-35-13-12-23-62(70)61-39-48-31-33-53(74-63-24-11-10-22-58(63)66-57-21-9-5-16-45(57)32-34-64(66)74)38-52(48)41-65(61)75(70)54-37-49-18-6-8-20-56(49)60(42-54)69-72-67(50-29-25-43-14-2-3-17-47(43)36-50)71-68(73-69)51-30-28-46-27-26-44-15-4-7-19-55(44)59(46)40-51/h2-31,33,35-42,62,68-69,73H,32,34H2,1H3,(H,71,72). The molecule has 16 rings (SSSR count). The Morgan fingerprint density at radius 1 is 0.520 bits per heavy atom. The summed E-state index contributed by atoms with van der Waals surface area (Å²) in [6.45, 7) is 2.42. The van der Waals surface area contributed by atoms with E-state index in [-0.39, 0.29) is 23.8 Å². The van der Waals surface area contributed by atoms with Gasteiger partial charge >= 0.3 is 0 Å². The van der Waals surface area contributed by atoms with Crippen LogP contribution in [0, 0.1) is 0 Å². The van der Waals surface area contributed by atoms with Crippen molar-refractivity contribution in [1.82, 2.24) is 15.2 Å². The van der Waals surface area contributed by atoms with Gasteiger partial charge in [-0.05, 0) is 156 Å². The molecule has 5 heteroatoms. The molecule has 11 aromatic carbocycles. The Labute approximate surface area is 435 Å². The van der Waals surface area contributed by atoms with Crippen molar-refractivity contribution >= 4 is 82.0 Å². The highest BCUT2D eigenvalue weighted by atomic mass is 15.3. The highest BCUT2D eigenvalue weighted by Gasteiger charge is 2.47. The Morgan fingerprint density at radius 3 is 2.13 bits per heavy atom. The summed E-state index contributed by atoms with van der Waals surface area (Å²) in [5.41, 5.74) is 14.8. The van der Waals surface area contributed by atoms with Crippen molar-refractivity contribution in [3.63, 3.8) is 0 Å². The van der Waals surface area contributed by atoms with Crippen LogP contribution in [0.15, 0.2) is 242 Å². The van der Waals surface area contributed by atoms with Crippen LogP contribution < -0.4 is 15.5 Å². The van der Waals surface area contributed by atoms with Gasteiger partial charge in [0.1, 0.15) is 18.2 Å². The molecule has 356 valence electrons. The fourth-order valence-corrected chi connectivity index (χ4v) is 13.5. The molecule has 2 aliphatic heterocycles. The molecule has 0 saturated heterocycles. The van der Waals surface area contributed by atoms with Crippen molar-refractivity contribution in [2.45, 2.75) is 43.6 Å². The Bertz CT molecular complexity index is 4500. The van der Waals surface area contributed by atoms with Gasteiger partial charge in [0.25, 0.3) is 0 Å². The number of anilines is 2. The van der Waals surface area contributed by atoms with Gasteiger partial charge in [0.2, 0.25) is 0 Å². The first kappa shape index (κ1) is 42.5. The number of rotatable bonds is 5. The smallest absolute Gasteiger partial charge is 0.131 e. The summed E-state index contributed by atoms with van der Waals surface area (Å²) >= 11 is 0. The summed E-state index contributed by atoms with van der Waals surface area (Å²) < 4.78 is 2.54. The van der Waals surface area contributed by atoms with Crippen molar-refractivity contribution in [2.24, 2.45) is 4.99 Å². The lowest BCUT2D eigenvalue weighted by Gasteiger charge is -2.40. The number of aromatic nitrogens is 1. The van der Waals surface area contributed by atoms with Crippen LogP contribution in [0.25, 0.3) is 81.6 Å². The number of allylic oxidation sites excluding steroid dienone is 2. The van der Waals surface area contributed by atoms with Crippen LogP contribution in [0.2, 0.25) is 0 Å². The maximum Gasteiger partial charge on any atom is 0.131 e. The molecule has 1 aromatic heterocycles. The number of aryl methyl sites for hydroxylation is 1. The first-order valence-electron chi connectivity index (χ1n) is 26.5. The fraction of sp³-hybridized carbons (Fsp3) is 0.100. The van der Waals surface area contributed by atoms with E-state index >= 15 is 0 Å². The minimum atomic E-state index is -0.359. The number of fused-ring (bicyclic) bond motifs is 14. The molecule has 0 bridgehead atoms. The van der Waals surface area contributed by atoms with Crippen molar-refractivity contribution in [1.29, 1.82) is 0 Å². The molecular formula is C70H51N5. The van der Waals surface area contributed by atoms with Gasteiger partial charge < -0.3 is 14.8 Å². The fourth-order valence-electron chi connectivity index (χ4n) is 13.5. The van der Waals surface area contributed by atoms with Crippen molar-refractivity contribution in [3.8, 4) is 16.8 Å². The van der Waals surface area contributed by atoms with Gasteiger partial charge in [0.15, 0.2) is 0 Å². The zero-order valence-electron chi connectivity index (χ0n) is 41.5. The summed E-state index contributed by atoms with van der Waals surface area (Å²) in [5.74, 6) is 1.02. The molecule has 0 spiro atoms. The third-order valence-electron chi connectivity index (χ3n) is 17.1. The van der Waals surface area contributed by atoms with Gasteiger partial charge in [0, 0.05) is 45.2 Å². The average Bonchev–Trinajstić information content (AvgIpc) is 4.03. The Balaban J connectivity index is 0.856. The van der Waals surface area contributed by atoms with Gasteiger partial charge in [-0.3, -0.25) is 5.32 Å². The number of para-hydroxylation sites is 1. The number of aliphatic imine (C=N–C) groups is 1. The van der Waals surface area contributed by atoms with E-state index in [0.29, 0.717) is 0 Å². The molecule has 2 N–H and O–H groups in total. The van der Waals surface area contributed by atoms with Crippen molar-refractivity contribution in [3.05, 3.63) is 270 Å². The summed E-state index contributed by atoms with van der Waals surface area (Å²) in [7, 11) is 0. The zero-order valence-corrected chi connectivity index (χ0v) is 41.5. The van der Waals surface area contributed by atoms with E-state index in [2.05, 4.69) is 264 Å². The van der Waals surface area contributed by atoms with Crippen molar-refractivity contribution < 1.29 is 0 Å². The second-order valence-electron chi connectivity index (χ2n) is 21.3. The lowest BCUT2D eigenvalue weighted by atomic mass is 9.80. The van der Waals surface area contributed by atoms with Crippen LogP contribution in [0.5, 0.6) is 0 Å². The molecule has 4 aliphatic rings. The summed E-state index contributed by atoms with van der Waals surface area (Å²) in [6.07, 6.45) is 10.7. The second-order valence-corrected chi connectivity index (χ2v) is 21.3. The van der Waals surface area contributed by atoms with Gasteiger partial charge in [-0.2, -0.15) is 0 Å². The minimum Gasteiger partial charge on any atom is -0.350 e. The molecule has 2 aliphatic carbocycles. The highest BCUT2D eigenvalue weighted by Crippen LogP contribution is 2.56.